The quantitative estimate of drug-likeness (QED) is 0.356. The summed E-state index contributed by atoms with van der Waals surface area (Å²) < 4.78 is 10.3. The van der Waals surface area contributed by atoms with Gasteiger partial charge < -0.3 is 25.2 Å². The highest BCUT2D eigenvalue weighted by molar-refractivity contribution is 5.75. The van der Waals surface area contributed by atoms with Crippen molar-refractivity contribution < 1.29 is 24.2 Å². The lowest BCUT2D eigenvalue weighted by Gasteiger charge is -2.15. The summed E-state index contributed by atoms with van der Waals surface area (Å²) in [5.41, 5.74) is 0.900. The summed E-state index contributed by atoms with van der Waals surface area (Å²) in [5, 5.41) is 15.9. The van der Waals surface area contributed by atoms with E-state index in [0.29, 0.717) is 38.2 Å². The van der Waals surface area contributed by atoms with E-state index in [2.05, 4.69) is 15.4 Å². The maximum Gasteiger partial charge on any atom is 0.305 e. The highest BCUT2D eigenvalue weighted by atomic mass is 16.5. The van der Waals surface area contributed by atoms with Gasteiger partial charge in [0, 0.05) is 32.5 Å². The first-order chi connectivity index (χ1) is 12.6. The average molecular weight is 366 g/mol. The molecule has 0 heterocycles. The molecule has 1 rings (SSSR count). The molecule has 146 valence electrons. The number of rotatable bonds is 13. The molecule has 7 heteroatoms. The predicted molar refractivity (Wildman–Crippen MR) is 99.1 cm³/mol. The summed E-state index contributed by atoms with van der Waals surface area (Å²) in [6.07, 6.45) is 1.50. The molecule has 0 saturated carbocycles. The molecule has 1 amide bonds. The fourth-order valence-corrected chi connectivity index (χ4v) is 2.31. The molecule has 0 bridgehead atoms. The minimum Gasteiger partial charge on any atom is -0.491 e. The van der Waals surface area contributed by atoms with Gasteiger partial charge in [-0.1, -0.05) is 25.1 Å². The first kappa shape index (κ1) is 21.9. The Hall–Kier alpha value is -2.12. The van der Waals surface area contributed by atoms with Crippen LogP contribution >= 0.6 is 0 Å². The van der Waals surface area contributed by atoms with Gasteiger partial charge in [-0.15, -0.1) is 0 Å². The van der Waals surface area contributed by atoms with Crippen LogP contribution in [-0.2, 0) is 20.7 Å². The third-order valence-corrected chi connectivity index (χ3v) is 3.71. The van der Waals surface area contributed by atoms with Crippen molar-refractivity contribution in [1.29, 1.82) is 0 Å². The number of hydrogen-bond donors (Lipinski definition) is 3. The number of nitrogens with one attached hydrogen (secondary N) is 2. The van der Waals surface area contributed by atoms with Crippen LogP contribution in [0.1, 0.15) is 31.7 Å². The van der Waals surface area contributed by atoms with Crippen molar-refractivity contribution in [2.75, 3.05) is 33.4 Å². The van der Waals surface area contributed by atoms with Gasteiger partial charge >= 0.3 is 5.97 Å². The smallest absolute Gasteiger partial charge is 0.305 e. The first-order valence-electron chi connectivity index (χ1n) is 8.99. The lowest BCUT2D eigenvalue weighted by molar-refractivity contribution is -0.140. The van der Waals surface area contributed by atoms with Crippen LogP contribution in [0, 0.1) is 0 Å². The Morgan fingerprint density at radius 2 is 1.96 bits per heavy atom. The number of aliphatic hydroxyl groups is 1. The molecule has 0 spiro atoms. The molecule has 26 heavy (non-hydrogen) atoms. The zero-order valence-corrected chi connectivity index (χ0v) is 15.6. The van der Waals surface area contributed by atoms with Crippen molar-refractivity contribution in [2.45, 2.75) is 38.7 Å². The Morgan fingerprint density at radius 1 is 1.19 bits per heavy atom. The zero-order chi connectivity index (χ0) is 19.2. The van der Waals surface area contributed by atoms with E-state index in [9.17, 15) is 14.7 Å². The molecule has 3 N–H and O–H groups in total. The summed E-state index contributed by atoms with van der Waals surface area (Å²) in [4.78, 5) is 22.6. The van der Waals surface area contributed by atoms with Crippen molar-refractivity contribution in [2.24, 2.45) is 0 Å². The molecule has 0 fully saturated rings. The fourth-order valence-electron chi connectivity index (χ4n) is 2.31. The standard InChI is InChI=1S/C19H30N2O5/c1-3-6-18(23)21-12-11-20-13-16(22)14-26-17-8-5-4-7-15(17)9-10-19(24)25-2/h4-5,7-8,16,20,22H,3,6,9-14H2,1-2H3,(H,21,23). The van der Waals surface area contributed by atoms with E-state index in [4.69, 9.17) is 4.74 Å². The highest BCUT2D eigenvalue weighted by Crippen LogP contribution is 2.19. The van der Waals surface area contributed by atoms with Crippen molar-refractivity contribution in [1.82, 2.24) is 10.6 Å². The van der Waals surface area contributed by atoms with E-state index in [0.717, 1.165) is 12.0 Å². The lowest BCUT2D eigenvalue weighted by Crippen LogP contribution is -2.37. The van der Waals surface area contributed by atoms with Crippen LogP contribution in [0.15, 0.2) is 24.3 Å². The maximum atomic E-state index is 11.3. The number of ether oxygens (including phenoxy) is 2. The first-order valence-corrected chi connectivity index (χ1v) is 8.99. The maximum absolute atomic E-state index is 11.3. The van der Waals surface area contributed by atoms with Crippen LogP contribution in [0.4, 0.5) is 0 Å². The molecular formula is C19H30N2O5. The Kier molecular flexibility index (Phi) is 11.1. The summed E-state index contributed by atoms with van der Waals surface area (Å²) in [7, 11) is 1.36. The fraction of sp³-hybridized carbons (Fsp3) is 0.579. The van der Waals surface area contributed by atoms with E-state index in [1.807, 2.05) is 31.2 Å². The molecule has 0 radical (unpaired) electrons. The number of para-hydroxylation sites is 1. The third kappa shape index (κ3) is 9.39. The predicted octanol–water partition coefficient (Wildman–Crippen LogP) is 1.04. The number of benzene rings is 1. The van der Waals surface area contributed by atoms with Crippen LogP contribution in [0.25, 0.3) is 0 Å². The minimum absolute atomic E-state index is 0.0433. The van der Waals surface area contributed by atoms with Crippen LogP contribution < -0.4 is 15.4 Å². The van der Waals surface area contributed by atoms with E-state index in [-0.39, 0.29) is 24.9 Å². The van der Waals surface area contributed by atoms with Crippen molar-refractivity contribution in [3.8, 4) is 5.75 Å². The number of aliphatic hydroxyl groups excluding tert-OH is 1. The summed E-state index contributed by atoms with van der Waals surface area (Å²) in [6, 6.07) is 7.43. The number of methoxy groups -OCH3 is 1. The summed E-state index contributed by atoms with van der Waals surface area (Å²) in [5.74, 6) is 0.430. The number of aryl methyl sites for hydroxylation is 1. The van der Waals surface area contributed by atoms with E-state index in [1.165, 1.54) is 7.11 Å². The Balaban J connectivity index is 2.26. The molecule has 7 nitrogen and oxygen atoms in total. The van der Waals surface area contributed by atoms with Gasteiger partial charge in [-0.3, -0.25) is 9.59 Å². The van der Waals surface area contributed by atoms with Crippen LogP contribution in [0.3, 0.4) is 0 Å². The monoisotopic (exact) mass is 366 g/mol. The van der Waals surface area contributed by atoms with E-state index in [1.54, 1.807) is 0 Å². The van der Waals surface area contributed by atoms with Crippen molar-refractivity contribution >= 4 is 11.9 Å². The van der Waals surface area contributed by atoms with Gasteiger partial charge in [0.15, 0.2) is 0 Å². The Bertz CT molecular complexity index is 550. The zero-order valence-electron chi connectivity index (χ0n) is 15.6. The van der Waals surface area contributed by atoms with Crippen LogP contribution in [0.5, 0.6) is 5.75 Å². The van der Waals surface area contributed by atoms with Crippen molar-refractivity contribution in [3.63, 3.8) is 0 Å². The number of esters is 1. The van der Waals surface area contributed by atoms with Gasteiger partial charge in [0.2, 0.25) is 5.91 Å². The van der Waals surface area contributed by atoms with Gasteiger partial charge in [0.25, 0.3) is 0 Å². The van der Waals surface area contributed by atoms with E-state index >= 15 is 0 Å². The Labute approximate surface area is 155 Å². The Morgan fingerprint density at radius 3 is 2.69 bits per heavy atom. The number of carbonyl (C=O) groups excluding carboxylic acids is 2. The summed E-state index contributed by atoms with van der Waals surface area (Å²) in [6.45, 7) is 3.59. The SMILES string of the molecule is CCCC(=O)NCCNCC(O)COc1ccccc1CCC(=O)OC. The number of carbonyl (C=O) groups is 2. The molecule has 0 aromatic heterocycles. The molecule has 0 aliphatic carbocycles. The van der Waals surface area contributed by atoms with Gasteiger partial charge in [-0.05, 0) is 24.5 Å². The molecule has 1 atom stereocenters. The lowest BCUT2D eigenvalue weighted by atomic mass is 10.1. The third-order valence-electron chi connectivity index (χ3n) is 3.71. The normalized spacial score (nSPS) is 11.7. The summed E-state index contributed by atoms with van der Waals surface area (Å²) >= 11 is 0. The molecule has 1 unspecified atom stereocenters. The second-order valence-electron chi connectivity index (χ2n) is 5.95. The molecular weight excluding hydrogens is 336 g/mol. The number of amides is 1. The second kappa shape index (κ2) is 13.1. The van der Waals surface area contributed by atoms with Gasteiger partial charge in [0.05, 0.1) is 7.11 Å². The van der Waals surface area contributed by atoms with Gasteiger partial charge in [-0.2, -0.15) is 0 Å². The largest absolute Gasteiger partial charge is 0.491 e. The molecule has 1 aromatic carbocycles. The van der Waals surface area contributed by atoms with Crippen molar-refractivity contribution in [3.05, 3.63) is 29.8 Å². The second-order valence-corrected chi connectivity index (χ2v) is 5.95. The minimum atomic E-state index is -0.671. The molecule has 0 aliphatic heterocycles. The highest BCUT2D eigenvalue weighted by Gasteiger charge is 2.09. The van der Waals surface area contributed by atoms with Crippen LogP contribution in [0.2, 0.25) is 0 Å². The molecule has 1 aromatic rings. The van der Waals surface area contributed by atoms with Gasteiger partial charge in [-0.25, -0.2) is 0 Å². The topological polar surface area (TPSA) is 96.9 Å². The van der Waals surface area contributed by atoms with E-state index < -0.39 is 6.10 Å². The molecule has 0 saturated heterocycles. The average Bonchev–Trinajstić information content (AvgIpc) is 2.64. The number of hydrogen-bond acceptors (Lipinski definition) is 6. The molecule has 0 aliphatic rings. The van der Waals surface area contributed by atoms with Crippen LogP contribution in [-0.4, -0.2) is 56.4 Å². The van der Waals surface area contributed by atoms with Gasteiger partial charge in [0.1, 0.15) is 18.5 Å².